The molecule has 3 aromatic carbocycles. The zero-order valence-corrected chi connectivity index (χ0v) is 25.2. The summed E-state index contributed by atoms with van der Waals surface area (Å²) in [6.07, 6.45) is 7.53. The van der Waals surface area contributed by atoms with E-state index in [1.807, 2.05) is 24.8 Å². The van der Waals surface area contributed by atoms with E-state index in [0.717, 1.165) is 89.5 Å². The Morgan fingerprint density at radius 1 is 0.364 bits per heavy atom. The SMILES string of the molecule is Cc1cc(-c2cc(-c3ccc(-c4cn[nH]c4)cc3)c(-c3cc(C)nc(C)c3)cc2-c2ccc(-c3cn[nH]c3)cc2)cc(C)n1. The number of nitrogens with one attached hydrogen (secondary N) is 2. The molecule has 6 nitrogen and oxygen atoms in total. The summed E-state index contributed by atoms with van der Waals surface area (Å²) in [5.41, 5.74) is 17.6. The fourth-order valence-corrected chi connectivity index (χ4v) is 6.04. The minimum atomic E-state index is 0.997. The Bertz CT molecular complexity index is 1880. The molecule has 0 fully saturated rings. The van der Waals surface area contributed by atoms with Crippen molar-refractivity contribution in [3.8, 4) is 66.8 Å². The highest BCUT2D eigenvalue weighted by Gasteiger charge is 2.18. The molecule has 0 spiro atoms. The number of H-pyrrole nitrogens is 2. The van der Waals surface area contributed by atoms with Crippen molar-refractivity contribution >= 4 is 0 Å². The topological polar surface area (TPSA) is 83.1 Å². The standard InChI is InChI=1S/C38H32N6/c1-23-13-31(14-24(2)43-23)37-17-36(30-11-7-28(8-12-30)34-21-41-42-22-34)38(32-15-25(3)44-26(4)16-32)18-35(37)29-9-5-27(6-10-29)33-19-39-40-20-33/h5-22H,1-4H3,(H,39,40)(H,41,42). The molecule has 6 heteroatoms. The Morgan fingerprint density at radius 3 is 1.00 bits per heavy atom. The fraction of sp³-hybridized carbons (Fsp3) is 0.105. The highest BCUT2D eigenvalue weighted by atomic mass is 15.1. The van der Waals surface area contributed by atoms with Gasteiger partial charge in [0.1, 0.15) is 0 Å². The van der Waals surface area contributed by atoms with Crippen LogP contribution in [0, 0.1) is 27.7 Å². The second-order valence-electron chi connectivity index (χ2n) is 11.3. The highest BCUT2D eigenvalue weighted by Crippen LogP contribution is 2.43. The number of benzene rings is 3. The van der Waals surface area contributed by atoms with Crippen LogP contribution in [0.2, 0.25) is 0 Å². The van der Waals surface area contributed by atoms with Gasteiger partial charge in [0.15, 0.2) is 0 Å². The van der Waals surface area contributed by atoms with E-state index in [0.29, 0.717) is 0 Å². The van der Waals surface area contributed by atoms with Gasteiger partial charge < -0.3 is 0 Å². The van der Waals surface area contributed by atoms with Crippen LogP contribution in [0.15, 0.2) is 110 Å². The van der Waals surface area contributed by atoms with Gasteiger partial charge in [-0.25, -0.2) is 0 Å². The van der Waals surface area contributed by atoms with Crippen LogP contribution in [0.3, 0.4) is 0 Å². The van der Waals surface area contributed by atoms with Crippen LogP contribution in [0.1, 0.15) is 22.8 Å². The summed E-state index contributed by atoms with van der Waals surface area (Å²) >= 11 is 0. The van der Waals surface area contributed by atoms with Crippen LogP contribution < -0.4 is 0 Å². The van der Waals surface area contributed by atoms with Crippen molar-refractivity contribution in [1.29, 1.82) is 0 Å². The van der Waals surface area contributed by atoms with Gasteiger partial charge in [-0.2, -0.15) is 10.2 Å². The lowest BCUT2D eigenvalue weighted by molar-refractivity contribution is 1.09. The van der Waals surface area contributed by atoms with E-state index < -0.39 is 0 Å². The number of aromatic amines is 2. The molecule has 4 aromatic heterocycles. The van der Waals surface area contributed by atoms with Gasteiger partial charge in [0, 0.05) is 46.3 Å². The number of pyridine rings is 2. The molecule has 0 unspecified atom stereocenters. The Morgan fingerprint density at radius 2 is 0.682 bits per heavy atom. The first-order valence-corrected chi connectivity index (χ1v) is 14.7. The largest absolute Gasteiger partial charge is 0.285 e. The molecule has 0 aliphatic heterocycles. The second kappa shape index (κ2) is 11.2. The molecule has 4 heterocycles. The van der Waals surface area contributed by atoms with Crippen LogP contribution >= 0.6 is 0 Å². The maximum absolute atomic E-state index is 4.68. The van der Waals surface area contributed by atoms with E-state index in [4.69, 9.17) is 0 Å². The number of hydrogen-bond donors (Lipinski definition) is 2. The van der Waals surface area contributed by atoms with Gasteiger partial charge in [0.25, 0.3) is 0 Å². The summed E-state index contributed by atoms with van der Waals surface area (Å²) in [5.74, 6) is 0. The molecule has 7 rings (SSSR count). The maximum atomic E-state index is 4.68. The van der Waals surface area contributed by atoms with Crippen LogP contribution in [-0.2, 0) is 0 Å². The first-order valence-electron chi connectivity index (χ1n) is 14.7. The van der Waals surface area contributed by atoms with Crippen molar-refractivity contribution in [3.63, 3.8) is 0 Å². The molecule has 7 aromatic rings. The van der Waals surface area contributed by atoms with Gasteiger partial charge >= 0.3 is 0 Å². The van der Waals surface area contributed by atoms with Crippen molar-refractivity contribution in [2.75, 3.05) is 0 Å². The lowest BCUT2D eigenvalue weighted by Gasteiger charge is -2.19. The lowest BCUT2D eigenvalue weighted by atomic mass is 9.85. The van der Waals surface area contributed by atoms with Crippen molar-refractivity contribution in [3.05, 3.63) is 132 Å². The molecule has 0 radical (unpaired) electrons. The van der Waals surface area contributed by atoms with Crippen molar-refractivity contribution < 1.29 is 0 Å². The first kappa shape index (κ1) is 27.2. The molecule has 0 aliphatic carbocycles. The normalized spacial score (nSPS) is 11.2. The summed E-state index contributed by atoms with van der Waals surface area (Å²) in [6, 6.07) is 30.9. The molecule has 2 N–H and O–H groups in total. The minimum Gasteiger partial charge on any atom is -0.285 e. The number of aromatic nitrogens is 6. The smallest absolute Gasteiger partial charge is 0.0565 e. The third kappa shape index (κ3) is 5.34. The molecule has 214 valence electrons. The van der Waals surface area contributed by atoms with Crippen LogP contribution in [0.4, 0.5) is 0 Å². The quantitative estimate of drug-likeness (QED) is 0.208. The number of nitrogens with zero attached hydrogens (tertiary/aromatic N) is 4. The predicted molar refractivity (Wildman–Crippen MR) is 178 cm³/mol. The third-order valence-electron chi connectivity index (χ3n) is 8.00. The molecule has 44 heavy (non-hydrogen) atoms. The van der Waals surface area contributed by atoms with Gasteiger partial charge in [-0.15, -0.1) is 0 Å². The number of aryl methyl sites for hydroxylation is 4. The van der Waals surface area contributed by atoms with Gasteiger partial charge in [-0.05, 0) is 120 Å². The van der Waals surface area contributed by atoms with Crippen molar-refractivity contribution in [2.45, 2.75) is 27.7 Å². The fourth-order valence-electron chi connectivity index (χ4n) is 6.04. The summed E-state index contributed by atoms with van der Waals surface area (Å²) in [6.45, 7) is 8.23. The van der Waals surface area contributed by atoms with E-state index in [9.17, 15) is 0 Å². The monoisotopic (exact) mass is 572 g/mol. The number of hydrogen-bond acceptors (Lipinski definition) is 4. The average Bonchev–Trinajstić information content (AvgIpc) is 3.76. The van der Waals surface area contributed by atoms with E-state index >= 15 is 0 Å². The predicted octanol–water partition coefficient (Wildman–Crippen LogP) is 9.16. The first-order chi connectivity index (χ1) is 21.4. The van der Waals surface area contributed by atoms with Gasteiger partial charge in [0.2, 0.25) is 0 Å². The van der Waals surface area contributed by atoms with Crippen molar-refractivity contribution in [2.24, 2.45) is 0 Å². The highest BCUT2D eigenvalue weighted by molar-refractivity contribution is 5.95. The molecule has 0 saturated carbocycles. The van der Waals surface area contributed by atoms with Crippen LogP contribution in [0.25, 0.3) is 66.8 Å². The van der Waals surface area contributed by atoms with E-state index in [1.54, 1.807) is 0 Å². The molecular weight excluding hydrogens is 540 g/mol. The summed E-state index contributed by atoms with van der Waals surface area (Å²) in [5, 5.41) is 14.1. The Labute approximate surface area is 256 Å². The van der Waals surface area contributed by atoms with Gasteiger partial charge in [-0.3, -0.25) is 20.2 Å². The molecule has 0 aliphatic rings. The Balaban J connectivity index is 1.48. The second-order valence-corrected chi connectivity index (χ2v) is 11.3. The van der Waals surface area contributed by atoms with E-state index in [1.165, 1.54) is 0 Å². The Hall–Kier alpha value is -5.62. The zero-order valence-electron chi connectivity index (χ0n) is 25.2. The molecule has 0 amide bonds. The van der Waals surface area contributed by atoms with E-state index in [-0.39, 0.29) is 0 Å². The molecule has 0 bridgehead atoms. The summed E-state index contributed by atoms with van der Waals surface area (Å²) in [7, 11) is 0. The van der Waals surface area contributed by atoms with Crippen molar-refractivity contribution in [1.82, 2.24) is 30.4 Å². The van der Waals surface area contributed by atoms with Crippen LogP contribution in [0.5, 0.6) is 0 Å². The minimum absolute atomic E-state index is 0.997. The van der Waals surface area contributed by atoms with E-state index in [2.05, 4.69) is 143 Å². The summed E-state index contributed by atoms with van der Waals surface area (Å²) < 4.78 is 0. The zero-order chi connectivity index (χ0) is 30.2. The maximum Gasteiger partial charge on any atom is 0.0565 e. The average molecular weight is 573 g/mol. The Kier molecular flexibility index (Phi) is 6.95. The third-order valence-corrected chi connectivity index (χ3v) is 8.00. The number of rotatable bonds is 6. The van der Waals surface area contributed by atoms with Gasteiger partial charge in [-0.1, -0.05) is 48.5 Å². The van der Waals surface area contributed by atoms with Gasteiger partial charge in [0.05, 0.1) is 12.4 Å². The van der Waals surface area contributed by atoms with Crippen LogP contribution in [-0.4, -0.2) is 30.4 Å². The lowest BCUT2D eigenvalue weighted by Crippen LogP contribution is -1.96. The molecule has 0 saturated heterocycles. The molecule has 0 atom stereocenters. The molecular formula is C38H32N6. The summed E-state index contributed by atoms with van der Waals surface area (Å²) in [4.78, 5) is 9.36.